The third-order valence-electron chi connectivity index (χ3n) is 2.78. The Balaban J connectivity index is 2.57. The molecule has 0 aliphatic carbocycles. The molecule has 120 valence electrons. The summed E-state index contributed by atoms with van der Waals surface area (Å²) in [6.07, 6.45) is -4.30. The lowest BCUT2D eigenvalue weighted by Crippen LogP contribution is -2.28. The van der Waals surface area contributed by atoms with Crippen LogP contribution in [0.3, 0.4) is 0 Å². The van der Waals surface area contributed by atoms with Crippen LogP contribution < -0.4 is 5.32 Å². The highest BCUT2D eigenvalue weighted by atomic mass is 79.9. The van der Waals surface area contributed by atoms with Crippen molar-refractivity contribution in [2.45, 2.75) is 12.1 Å². The minimum absolute atomic E-state index is 0.00987. The summed E-state index contributed by atoms with van der Waals surface area (Å²) < 4.78 is 47.1. The first-order valence-corrected chi connectivity index (χ1v) is 7.31. The third-order valence-corrected chi connectivity index (χ3v) is 3.27. The maximum absolute atomic E-state index is 12.2. The number of ether oxygens (including phenoxy) is 2. The van der Waals surface area contributed by atoms with Gasteiger partial charge in [-0.15, -0.1) is 0 Å². The molecule has 1 aromatic carbocycles. The van der Waals surface area contributed by atoms with Crippen LogP contribution in [0.5, 0.6) is 0 Å². The predicted octanol–water partition coefficient (Wildman–Crippen LogP) is 3.35. The molecular weight excluding hydrogens is 351 g/mol. The van der Waals surface area contributed by atoms with Crippen molar-refractivity contribution in [1.82, 2.24) is 5.32 Å². The Morgan fingerprint density at radius 2 is 2.10 bits per heavy atom. The first-order valence-electron chi connectivity index (χ1n) is 6.52. The van der Waals surface area contributed by atoms with Gasteiger partial charge in [0.05, 0.1) is 13.2 Å². The van der Waals surface area contributed by atoms with E-state index in [1.165, 1.54) is 0 Å². The standard InChI is InChI=1S/C14H19BrF3NO2/c1-20-6-5-19-8-12(9-21-10-14(16,17)18)11-3-2-4-13(15)7-11/h2-4,7,12,19H,5-6,8-10H2,1H3. The monoisotopic (exact) mass is 369 g/mol. The predicted molar refractivity (Wildman–Crippen MR) is 78.5 cm³/mol. The Labute approximate surface area is 130 Å². The maximum Gasteiger partial charge on any atom is 0.411 e. The van der Waals surface area contributed by atoms with Crippen molar-refractivity contribution in [3.63, 3.8) is 0 Å². The molecule has 1 rings (SSSR count). The molecule has 0 heterocycles. The van der Waals surface area contributed by atoms with Gasteiger partial charge in [-0.05, 0) is 17.7 Å². The smallest absolute Gasteiger partial charge is 0.383 e. The van der Waals surface area contributed by atoms with Crippen molar-refractivity contribution in [3.8, 4) is 0 Å². The van der Waals surface area contributed by atoms with Gasteiger partial charge in [0.1, 0.15) is 6.61 Å². The van der Waals surface area contributed by atoms with E-state index in [1.807, 2.05) is 24.3 Å². The summed E-state index contributed by atoms with van der Waals surface area (Å²) in [6, 6.07) is 7.49. The molecule has 0 bridgehead atoms. The maximum atomic E-state index is 12.2. The van der Waals surface area contributed by atoms with E-state index < -0.39 is 12.8 Å². The van der Waals surface area contributed by atoms with Crippen LogP contribution in [0.15, 0.2) is 28.7 Å². The average Bonchev–Trinajstić information content (AvgIpc) is 2.40. The van der Waals surface area contributed by atoms with E-state index in [0.717, 1.165) is 10.0 Å². The van der Waals surface area contributed by atoms with Gasteiger partial charge < -0.3 is 14.8 Å². The van der Waals surface area contributed by atoms with E-state index in [0.29, 0.717) is 19.7 Å². The number of hydrogen-bond acceptors (Lipinski definition) is 3. The van der Waals surface area contributed by atoms with Gasteiger partial charge in [-0.2, -0.15) is 13.2 Å². The van der Waals surface area contributed by atoms with Gasteiger partial charge >= 0.3 is 6.18 Å². The summed E-state index contributed by atoms with van der Waals surface area (Å²) >= 11 is 3.36. The molecule has 0 aliphatic heterocycles. The summed E-state index contributed by atoms with van der Waals surface area (Å²) in [6.45, 7) is 0.498. The van der Waals surface area contributed by atoms with Crippen LogP contribution in [0.2, 0.25) is 0 Å². The molecule has 1 aromatic rings. The highest BCUT2D eigenvalue weighted by molar-refractivity contribution is 9.10. The average molecular weight is 370 g/mol. The van der Waals surface area contributed by atoms with Crippen molar-refractivity contribution in [1.29, 1.82) is 0 Å². The van der Waals surface area contributed by atoms with E-state index >= 15 is 0 Å². The van der Waals surface area contributed by atoms with Crippen LogP contribution in [0.1, 0.15) is 11.5 Å². The van der Waals surface area contributed by atoms with Gasteiger partial charge in [0, 0.05) is 30.6 Å². The van der Waals surface area contributed by atoms with E-state index in [-0.39, 0.29) is 12.5 Å². The van der Waals surface area contributed by atoms with E-state index in [4.69, 9.17) is 9.47 Å². The molecule has 1 N–H and O–H groups in total. The van der Waals surface area contributed by atoms with Crippen LogP contribution in [0.25, 0.3) is 0 Å². The quantitative estimate of drug-likeness (QED) is 0.677. The molecule has 0 saturated carbocycles. The fourth-order valence-electron chi connectivity index (χ4n) is 1.80. The summed E-state index contributed by atoms with van der Waals surface area (Å²) in [4.78, 5) is 0. The number of methoxy groups -OCH3 is 1. The molecule has 21 heavy (non-hydrogen) atoms. The molecule has 0 aromatic heterocycles. The van der Waals surface area contributed by atoms with Crippen LogP contribution in [-0.2, 0) is 9.47 Å². The minimum Gasteiger partial charge on any atom is -0.383 e. The van der Waals surface area contributed by atoms with Crippen LogP contribution in [0, 0.1) is 0 Å². The highest BCUT2D eigenvalue weighted by Gasteiger charge is 2.28. The number of hydrogen-bond donors (Lipinski definition) is 1. The Morgan fingerprint density at radius 1 is 1.33 bits per heavy atom. The third kappa shape index (κ3) is 8.40. The molecule has 1 unspecified atom stereocenters. The van der Waals surface area contributed by atoms with E-state index in [1.54, 1.807) is 7.11 Å². The molecule has 0 amide bonds. The number of nitrogens with one attached hydrogen (secondary N) is 1. The summed E-state index contributed by atoms with van der Waals surface area (Å²) in [5, 5.41) is 3.15. The molecular formula is C14H19BrF3NO2. The number of benzene rings is 1. The Morgan fingerprint density at radius 3 is 2.71 bits per heavy atom. The molecule has 0 saturated heterocycles. The molecule has 0 fully saturated rings. The van der Waals surface area contributed by atoms with Crippen molar-refractivity contribution in [2.75, 3.05) is 40.0 Å². The first kappa shape index (κ1) is 18.4. The summed E-state index contributed by atoms with van der Waals surface area (Å²) in [5.41, 5.74) is 0.927. The topological polar surface area (TPSA) is 30.5 Å². The molecule has 0 aliphatic rings. The lowest BCUT2D eigenvalue weighted by molar-refractivity contribution is -0.174. The SMILES string of the molecule is COCCNCC(COCC(F)(F)F)c1cccc(Br)c1. The minimum atomic E-state index is -4.30. The molecule has 7 heteroatoms. The zero-order chi connectivity index (χ0) is 15.7. The Hall–Kier alpha value is -0.630. The van der Waals surface area contributed by atoms with Gasteiger partial charge in [-0.3, -0.25) is 0 Å². The second kappa shape index (κ2) is 9.40. The fourth-order valence-corrected chi connectivity index (χ4v) is 2.22. The fraction of sp³-hybridized carbons (Fsp3) is 0.571. The summed E-state index contributed by atoms with van der Waals surface area (Å²) in [7, 11) is 1.60. The van der Waals surface area contributed by atoms with Crippen molar-refractivity contribution >= 4 is 15.9 Å². The number of rotatable bonds is 9. The van der Waals surface area contributed by atoms with Crippen molar-refractivity contribution < 1.29 is 22.6 Å². The van der Waals surface area contributed by atoms with E-state index in [2.05, 4.69) is 21.2 Å². The lowest BCUT2D eigenvalue weighted by Gasteiger charge is -2.19. The van der Waals surface area contributed by atoms with Gasteiger partial charge in [0.15, 0.2) is 0 Å². The zero-order valence-corrected chi connectivity index (χ0v) is 13.3. The van der Waals surface area contributed by atoms with Crippen LogP contribution in [0.4, 0.5) is 13.2 Å². The lowest BCUT2D eigenvalue weighted by atomic mass is 10.00. The molecule has 0 radical (unpaired) electrons. The summed E-state index contributed by atoms with van der Waals surface area (Å²) in [5.74, 6) is -0.151. The number of alkyl halides is 3. The number of halogens is 4. The molecule has 3 nitrogen and oxygen atoms in total. The first-order chi connectivity index (χ1) is 9.92. The Kier molecular flexibility index (Phi) is 8.24. The van der Waals surface area contributed by atoms with Crippen molar-refractivity contribution in [3.05, 3.63) is 34.3 Å². The largest absolute Gasteiger partial charge is 0.411 e. The van der Waals surface area contributed by atoms with Crippen LogP contribution in [-0.4, -0.2) is 46.2 Å². The van der Waals surface area contributed by atoms with E-state index in [9.17, 15) is 13.2 Å². The normalized spacial score (nSPS) is 13.4. The van der Waals surface area contributed by atoms with Crippen LogP contribution >= 0.6 is 15.9 Å². The second-order valence-corrected chi connectivity index (χ2v) is 5.49. The van der Waals surface area contributed by atoms with Crippen molar-refractivity contribution in [2.24, 2.45) is 0 Å². The Bertz CT molecular complexity index is 415. The zero-order valence-electron chi connectivity index (χ0n) is 11.8. The molecule has 1 atom stereocenters. The molecule has 0 spiro atoms. The van der Waals surface area contributed by atoms with Gasteiger partial charge in [-0.1, -0.05) is 28.1 Å². The second-order valence-electron chi connectivity index (χ2n) is 4.58. The van der Waals surface area contributed by atoms with Gasteiger partial charge in [0.25, 0.3) is 0 Å². The van der Waals surface area contributed by atoms with Gasteiger partial charge in [0.2, 0.25) is 0 Å². The highest BCUT2D eigenvalue weighted by Crippen LogP contribution is 2.21. The van der Waals surface area contributed by atoms with Gasteiger partial charge in [-0.25, -0.2) is 0 Å².